The van der Waals surface area contributed by atoms with Gasteiger partial charge in [-0.25, -0.2) is 0 Å². The van der Waals surface area contributed by atoms with E-state index in [4.69, 9.17) is 4.74 Å². The Kier molecular flexibility index (Phi) is 4.84. The number of carbonyl (C=O) groups is 2. The first-order chi connectivity index (χ1) is 11.1. The van der Waals surface area contributed by atoms with E-state index in [1.54, 1.807) is 6.92 Å². The zero-order valence-electron chi connectivity index (χ0n) is 13.6. The molecule has 1 fully saturated rings. The normalized spacial score (nSPS) is 18.1. The number of benzene rings is 1. The average Bonchev–Trinajstić information content (AvgIpc) is 3.17. The van der Waals surface area contributed by atoms with Gasteiger partial charge in [-0.2, -0.15) is 0 Å². The van der Waals surface area contributed by atoms with Crippen LogP contribution in [0.15, 0.2) is 18.2 Å². The van der Waals surface area contributed by atoms with E-state index >= 15 is 0 Å². The van der Waals surface area contributed by atoms with E-state index < -0.39 is 6.04 Å². The molecule has 1 saturated carbocycles. The van der Waals surface area contributed by atoms with Gasteiger partial charge in [0.05, 0.1) is 13.0 Å². The Balaban J connectivity index is 1.49. The van der Waals surface area contributed by atoms with E-state index in [2.05, 4.69) is 10.6 Å². The van der Waals surface area contributed by atoms with Gasteiger partial charge in [0.25, 0.3) is 0 Å². The second kappa shape index (κ2) is 7.02. The Hall–Kier alpha value is -2.04. The molecule has 2 aliphatic rings. The number of rotatable bonds is 5. The third-order valence-electron chi connectivity index (χ3n) is 4.59. The van der Waals surface area contributed by atoms with Gasteiger partial charge in [0, 0.05) is 12.5 Å². The van der Waals surface area contributed by atoms with E-state index in [0.29, 0.717) is 6.61 Å². The van der Waals surface area contributed by atoms with Gasteiger partial charge >= 0.3 is 0 Å². The molecule has 0 bridgehead atoms. The van der Waals surface area contributed by atoms with Gasteiger partial charge in [-0.15, -0.1) is 0 Å². The summed E-state index contributed by atoms with van der Waals surface area (Å²) in [5.74, 6) is 0.698. The number of ether oxygens (including phenoxy) is 1. The summed E-state index contributed by atoms with van der Waals surface area (Å²) in [5.41, 5.74) is 2.11. The lowest BCUT2D eigenvalue weighted by Crippen LogP contribution is -2.47. The Morgan fingerprint density at radius 3 is 2.87 bits per heavy atom. The van der Waals surface area contributed by atoms with Crippen molar-refractivity contribution in [3.63, 3.8) is 0 Å². The molecule has 1 heterocycles. The lowest BCUT2D eigenvalue weighted by molar-refractivity contribution is -0.128. The Labute approximate surface area is 136 Å². The molecular formula is C18H24N2O3. The molecule has 1 aromatic rings. The molecule has 3 rings (SSSR count). The van der Waals surface area contributed by atoms with Crippen LogP contribution in [0.3, 0.4) is 0 Å². The number of fused-ring (bicyclic) bond motifs is 1. The van der Waals surface area contributed by atoms with Gasteiger partial charge in [-0.3, -0.25) is 9.59 Å². The highest BCUT2D eigenvalue weighted by Crippen LogP contribution is 2.26. The maximum atomic E-state index is 12.1. The molecule has 2 amide bonds. The highest BCUT2D eigenvalue weighted by molar-refractivity contribution is 5.88. The standard InChI is InChI=1S/C18H24N2O3/c1-12(18(22)20-15-4-2-3-5-15)19-17(21)11-13-6-7-16-14(10-13)8-9-23-16/h6-7,10,12,15H,2-5,8-9,11H2,1H3,(H,19,21)(H,20,22). The van der Waals surface area contributed by atoms with Crippen molar-refractivity contribution in [1.82, 2.24) is 10.6 Å². The Morgan fingerprint density at radius 1 is 1.30 bits per heavy atom. The maximum absolute atomic E-state index is 12.1. The summed E-state index contributed by atoms with van der Waals surface area (Å²) >= 11 is 0. The number of amides is 2. The predicted octanol–water partition coefficient (Wildman–Crippen LogP) is 1.73. The van der Waals surface area contributed by atoms with Gasteiger partial charge in [-0.1, -0.05) is 25.0 Å². The molecule has 1 aromatic carbocycles. The first-order valence-corrected chi connectivity index (χ1v) is 8.46. The monoisotopic (exact) mass is 316 g/mol. The number of hydrogen-bond donors (Lipinski definition) is 2. The topological polar surface area (TPSA) is 67.4 Å². The van der Waals surface area contributed by atoms with Crippen LogP contribution in [-0.4, -0.2) is 30.5 Å². The summed E-state index contributed by atoms with van der Waals surface area (Å²) in [6, 6.07) is 5.62. The molecule has 124 valence electrons. The summed E-state index contributed by atoms with van der Waals surface area (Å²) in [5, 5.41) is 5.80. The molecule has 2 N–H and O–H groups in total. The SMILES string of the molecule is CC(NC(=O)Cc1ccc2c(c1)CCO2)C(=O)NC1CCCC1. The quantitative estimate of drug-likeness (QED) is 0.869. The second-order valence-corrected chi connectivity index (χ2v) is 6.50. The Morgan fingerprint density at radius 2 is 2.09 bits per heavy atom. The van der Waals surface area contributed by atoms with Crippen molar-refractivity contribution < 1.29 is 14.3 Å². The predicted molar refractivity (Wildman–Crippen MR) is 87.3 cm³/mol. The lowest BCUT2D eigenvalue weighted by Gasteiger charge is -2.17. The minimum atomic E-state index is -0.499. The van der Waals surface area contributed by atoms with Gasteiger partial charge in [-0.05, 0) is 37.0 Å². The summed E-state index contributed by atoms with van der Waals surface area (Å²) in [6.07, 6.45) is 5.62. The molecule has 5 nitrogen and oxygen atoms in total. The zero-order valence-corrected chi connectivity index (χ0v) is 13.6. The van der Waals surface area contributed by atoms with E-state index in [9.17, 15) is 9.59 Å². The van der Waals surface area contributed by atoms with Crippen molar-refractivity contribution >= 4 is 11.8 Å². The van der Waals surface area contributed by atoms with Crippen LogP contribution in [0.1, 0.15) is 43.7 Å². The van der Waals surface area contributed by atoms with Crippen molar-refractivity contribution in [3.8, 4) is 5.75 Å². The fourth-order valence-corrected chi connectivity index (χ4v) is 3.29. The first-order valence-electron chi connectivity index (χ1n) is 8.46. The molecule has 23 heavy (non-hydrogen) atoms. The van der Waals surface area contributed by atoms with Crippen molar-refractivity contribution in [2.24, 2.45) is 0 Å². The number of carbonyl (C=O) groups excluding carboxylic acids is 2. The highest BCUT2D eigenvalue weighted by Gasteiger charge is 2.22. The van der Waals surface area contributed by atoms with Crippen molar-refractivity contribution in [3.05, 3.63) is 29.3 Å². The van der Waals surface area contributed by atoms with Crippen molar-refractivity contribution in [1.29, 1.82) is 0 Å². The highest BCUT2D eigenvalue weighted by atomic mass is 16.5. The second-order valence-electron chi connectivity index (χ2n) is 6.50. The van der Waals surface area contributed by atoms with Gasteiger partial charge in [0.1, 0.15) is 11.8 Å². The molecule has 0 spiro atoms. The Bertz CT molecular complexity index is 594. The minimum absolute atomic E-state index is 0.0902. The average molecular weight is 316 g/mol. The van der Waals surface area contributed by atoms with Crippen molar-refractivity contribution in [2.75, 3.05) is 6.61 Å². The molecule has 1 atom stereocenters. The van der Waals surface area contributed by atoms with Gasteiger partial charge < -0.3 is 15.4 Å². The van der Waals surface area contributed by atoms with E-state index in [0.717, 1.165) is 36.1 Å². The van der Waals surface area contributed by atoms with Crippen LogP contribution in [0.2, 0.25) is 0 Å². The largest absolute Gasteiger partial charge is 0.493 e. The van der Waals surface area contributed by atoms with E-state index in [1.165, 1.54) is 12.8 Å². The molecule has 0 radical (unpaired) electrons. The van der Waals surface area contributed by atoms with Crippen LogP contribution in [0.25, 0.3) is 0 Å². The molecule has 1 aliphatic carbocycles. The minimum Gasteiger partial charge on any atom is -0.493 e. The van der Waals surface area contributed by atoms with Crippen LogP contribution in [-0.2, 0) is 22.4 Å². The summed E-state index contributed by atoms with van der Waals surface area (Å²) < 4.78 is 5.46. The van der Waals surface area contributed by atoms with Crippen LogP contribution >= 0.6 is 0 Å². The third kappa shape index (κ3) is 4.03. The van der Waals surface area contributed by atoms with Crippen LogP contribution < -0.4 is 15.4 Å². The lowest BCUT2D eigenvalue weighted by atomic mass is 10.1. The van der Waals surface area contributed by atoms with Crippen LogP contribution in [0.4, 0.5) is 0 Å². The van der Waals surface area contributed by atoms with Crippen molar-refractivity contribution in [2.45, 2.75) is 57.5 Å². The number of hydrogen-bond acceptors (Lipinski definition) is 3. The van der Waals surface area contributed by atoms with Crippen LogP contribution in [0.5, 0.6) is 5.75 Å². The molecule has 5 heteroatoms. The molecule has 0 saturated heterocycles. The maximum Gasteiger partial charge on any atom is 0.242 e. The first kappa shape index (κ1) is 15.8. The fourth-order valence-electron chi connectivity index (χ4n) is 3.29. The smallest absolute Gasteiger partial charge is 0.242 e. The van der Waals surface area contributed by atoms with Gasteiger partial charge in [0.2, 0.25) is 11.8 Å². The summed E-state index contributed by atoms with van der Waals surface area (Å²) in [7, 11) is 0. The third-order valence-corrected chi connectivity index (χ3v) is 4.59. The zero-order chi connectivity index (χ0) is 16.2. The molecule has 0 aromatic heterocycles. The van der Waals surface area contributed by atoms with Crippen LogP contribution in [0, 0.1) is 0 Å². The fraction of sp³-hybridized carbons (Fsp3) is 0.556. The summed E-state index contributed by atoms with van der Waals surface area (Å²) in [6.45, 7) is 2.45. The number of nitrogens with one attached hydrogen (secondary N) is 2. The van der Waals surface area contributed by atoms with E-state index in [-0.39, 0.29) is 24.3 Å². The van der Waals surface area contributed by atoms with E-state index in [1.807, 2.05) is 18.2 Å². The molecule has 1 aliphatic heterocycles. The summed E-state index contributed by atoms with van der Waals surface area (Å²) in [4.78, 5) is 24.2. The molecular weight excluding hydrogens is 292 g/mol. The van der Waals surface area contributed by atoms with Gasteiger partial charge in [0.15, 0.2) is 0 Å². The molecule has 1 unspecified atom stereocenters.